The van der Waals surface area contributed by atoms with E-state index in [4.69, 9.17) is 5.11 Å². The zero-order valence-corrected chi connectivity index (χ0v) is 12.4. The number of hydrogen-bond donors (Lipinski definition) is 1. The number of aromatic carboxylic acids is 1. The van der Waals surface area contributed by atoms with Crippen LogP contribution in [0.1, 0.15) is 30.1 Å². The molecule has 1 heterocycles. The van der Waals surface area contributed by atoms with Crippen molar-refractivity contribution >= 4 is 22.7 Å². The highest BCUT2D eigenvalue weighted by Gasteiger charge is 2.29. The molecular weight excluding hydrogens is 297 g/mol. The third-order valence-corrected chi connectivity index (χ3v) is 5.07. The molecule has 1 aromatic rings. The predicted octanol–water partition coefficient (Wildman–Crippen LogP) is 1.64. The van der Waals surface area contributed by atoms with E-state index in [1.807, 2.05) is 0 Å². The number of carbonyl (C=O) groups excluding carboxylic acids is 1. The Morgan fingerprint density at radius 3 is 2.52 bits per heavy atom. The summed E-state index contributed by atoms with van der Waals surface area (Å²) in [5, 5.41) is 8.00. The second-order valence-corrected chi connectivity index (χ2v) is 6.66. The molecule has 1 amide bonds. The first-order valence-corrected chi connectivity index (χ1v) is 7.85. The van der Waals surface area contributed by atoms with Gasteiger partial charge in [0.25, 0.3) is 0 Å². The van der Waals surface area contributed by atoms with Crippen LogP contribution in [-0.2, 0) is 15.6 Å². The second-order valence-electron chi connectivity index (χ2n) is 4.92. The molecule has 1 aliphatic rings. The molecule has 2 unspecified atom stereocenters. The van der Waals surface area contributed by atoms with Gasteiger partial charge in [-0.15, -0.1) is 0 Å². The smallest absolute Gasteiger partial charge is 0.335 e. The van der Waals surface area contributed by atoms with Crippen LogP contribution < -0.4 is 0 Å². The second kappa shape index (κ2) is 6.34. The average Bonchev–Trinajstić information content (AvgIpc) is 2.99. The molecule has 7 heteroatoms. The number of carbonyl (C=O) groups is 2. The molecule has 114 valence electrons. The first-order valence-electron chi connectivity index (χ1n) is 6.64. The fourth-order valence-corrected chi connectivity index (χ4v) is 3.48. The van der Waals surface area contributed by atoms with Gasteiger partial charge in [-0.05, 0) is 38.0 Å². The van der Waals surface area contributed by atoms with E-state index in [0.717, 1.165) is 31.0 Å². The fraction of sp³-hybridized carbons (Fsp3) is 0.429. The highest BCUT2D eigenvalue weighted by Crippen LogP contribution is 2.20. The molecule has 2 atom stereocenters. The van der Waals surface area contributed by atoms with Crippen molar-refractivity contribution in [3.05, 3.63) is 29.6 Å². The number of hydrogen-bond acceptors (Lipinski definition) is 3. The maximum absolute atomic E-state index is 13.8. The first-order chi connectivity index (χ1) is 9.91. The lowest BCUT2D eigenvalue weighted by Gasteiger charge is -2.20. The molecule has 5 nitrogen and oxygen atoms in total. The van der Waals surface area contributed by atoms with Crippen LogP contribution in [-0.4, -0.2) is 44.4 Å². The Hall–Kier alpha value is -1.76. The molecule has 0 aromatic heterocycles. The molecule has 1 aliphatic heterocycles. The fourth-order valence-electron chi connectivity index (χ4n) is 2.27. The van der Waals surface area contributed by atoms with Crippen molar-refractivity contribution in [2.24, 2.45) is 0 Å². The molecule has 0 bridgehead atoms. The third kappa shape index (κ3) is 3.29. The lowest BCUT2D eigenvalue weighted by atomic mass is 10.2. The maximum atomic E-state index is 13.8. The van der Waals surface area contributed by atoms with Crippen molar-refractivity contribution < 1.29 is 23.3 Å². The van der Waals surface area contributed by atoms with E-state index < -0.39 is 27.8 Å². The highest BCUT2D eigenvalue weighted by atomic mass is 32.2. The summed E-state index contributed by atoms with van der Waals surface area (Å²) in [6.45, 7) is 2.72. The summed E-state index contributed by atoms with van der Waals surface area (Å²) in [4.78, 5) is 24.5. The van der Waals surface area contributed by atoms with Gasteiger partial charge in [-0.2, -0.15) is 0 Å². The van der Waals surface area contributed by atoms with Gasteiger partial charge < -0.3 is 10.0 Å². The van der Waals surface area contributed by atoms with Crippen LogP contribution in [0.2, 0.25) is 0 Å². The van der Waals surface area contributed by atoms with Crippen molar-refractivity contribution in [1.29, 1.82) is 0 Å². The topological polar surface area (TPSA) is 74.7 Å². The van der Waals surface area contributed by atoms with E-state index in [1.54, 1.807) is 4.90 Å². The number of halogens is 1. The van der Waals surface area contributed by atoms with Gasteiger partial charge in [-0.1, -0.05) is 0 Å². The minimum absolute atomic E-state index is 0.152. The molecule has 21 heavy (non-hydrogen) atoms. The van der Waals surface area contributed by atoms with Gasteiger partial charge in [0, 0.05) is 13.1 Å². The van der Waals surface area contributed by atoms with Gasteiger partial charge >= 0.3 is 5.97 Å². The Bertz CT molecular complexity index is 599. The van der Waals surface area contributed by atoms with Gasteiger partial charge in [0.2, 0.25) is 5.91 Å². The van der Waals surface area contributed by atoms with Gasteiger partial charge in [0.15, 0.2) is 0 Å². The zero-order chi connectivity index (χ0) is 15.6. The number of carboxylic acids is 1. The zero-order valence-electron chi connectivity index (χ0n) is 11.5. The van der Waals surface area contributed by atoms with Crippen LogP contribution in [0.3, 0.4) is 0 Å². The van der Waals surface area contributed by atoms with E-state index in [2.05, 4.69) is 0 Å². The van der Waals surface area contributed by atoms with Crippen molar-refractivity contribution in [2.75, 3.05) is 13.1 Å². The highest BCUT2D eigenvalue weighted by molar-refractivity contribution is 7.86. The predicted molar refractivity (Wildman–Crippen MR) is 75.0 cm³/mol. The summed E-state index contributed by atoms with van der Waals surface area (Å²) in [5.41, 5.74) is -0.152. The Morgan fingerprint density at radius 2 is 1.95 bits per heavy atom. The Labute approximate surface area is 124 Å². The quantitative estimate of drug-likeness (QED) is 0.917. The minimum Gasteiger partial charge on any atom is -0.478 e. The number of amides is 1. The van der Waals surface area contributed by atoms with Crippen LogP contribution in [0.15, 0.2) is 23.1 Å². The summed E-state index contributed by atoms with van der Waals surface area (Å²) in [7, 11) is -1.92. The molecule has 2 rings (SSSR count). The first kappa shape index (κ1) is 15.6. The molecule has 1 saturated heterocycles. The van der Waals surface area contributed by atoms with E-state index in [0.29, 0.717) is 13.1 Å². The largest absolute Gasteiger partial charge is 0.478 e. The van der Waals surface area contributed by atoms with E-state index in [1.165, 1.54) is 6.92 Å². The van der Waals surface area contributed by atoms with Crippen LogP contribution in [0.5, 0.6) is 0 Å². The van der Waals surface area contributed by atoms with Gasteiger partial charge in [-0.3, -0.25) is 9.00 Å². The average molecular weight is 313 g/mol. The van der Waals surface area contributed by atoms with Crippen LogP contribution in [0.25, 0.3) is 0 Å². The molecule has 0 saturated carbocycles. The molecule has 0 aliphatic carbocycles. The summed E-state index contributed by atoms with van der Waals surface area (Å²) < 4.78 is 26.1. The molecule has 1 N–H and O–H groups in total. The lowest BCUT2D eigenvalue weighted by Crippen LogP contribution is -2.38. The van der Waals surface area contributed by atoms with Gasteiger partial charge in [-0.25, -0.2) is 9.18 Å². The number of rotatable bonds is 4. The summed E-state index contributed by atoms with van der Waals surface area (Å²) in [6, 6.07) is 3.09. The normalized spacial score (nSPS) is 17.5. The lowest BCUT2D eigenvalue weighted by molar-refractivity contribution is -0.129. The molecule has 1 aromatic carbocycles. The number of benzene rings is 1. The van der Waals surface area contributed by atoms with Gasteiger partial charge in [0.05, 0.1) is 21.3 Å². The Balaban J connectivity index is 2.24. The summed E-state index contributed by atoms with van der Waals surface area (Å²) >= 11 is 0. The minimum atomic E-state index is -1.92. The van der Waals surface area contributed by atoms with Crippen LogP contribution in [0.4, 0.5) is 4.39 Å². The molecular formula is C14H16FNO4S. The third-order valence-electron chi connectivity index (χ3n) is 3.48. The number of likely N-dealkylation sites (tertiary alicyclic amines) is 1. The van der Waals surface area contributed by atoms with Crippen molar-refractivity contribution in [2.45, 2.75) is 29.9 Å². The van der Waals surface area contributed by atoms with Crippen LogP contribution >= 0.6 is 0 Å². The Kier molecular flexibility index (Phi) is 4.72. The van der Waals surface area contributed by atoms with E-state index in [9.17, 15) is 18.2 Å². The van der Waals surface area contributed by atoms with Crippen LogP contribution in [0, 0.1) is 5.82 Å². The monoisotopic (exact) mass is 313 g/mol. The maximum Gasteiger partial charge on any atom is 0.335 e. The summed E-state index contributed by atoms with van der Waals surface area (Å²) in [6.07, 6.45) is 1.82. The van der Waals surface area contributed by atoms with Crippen molar-refractivity contribution in [1.82, 2.24) is 4.90 Å². The molecule has 0 radical (unpaired) electrons. The Morgan fingerprint density at radius 1 is 1.33 bits per heavy atom. The van der Waals surface area contributed by atoms with Gasteiger partial charge in [0.1, 0.15) is 11.1 Å². The number of carboxylic acid groups (broad SMARTS) is 1. The van der Waals surface area contributed by atoms with Crippen molar-refractivity contribution in [3.8, 4) is 0 Å². The van der Waals surface area contributed by atoms with Crippen molar-refractivity contribution in [3.63, 3.8) is 0 Å². The molecule has 0 spiro atoms. The standard InChI is InChI=1S/C14H16FNO4S/c1-9(13(17)16-6-2-3-7-16)21(20)12-8-10(14(18)19)4-5-11(12)15/h4-5,8-9H,2-3,6-7H2,1H3,(H,18,19). The SMILES string of the molecule is CC(C(=O)N1CCCC1)S(=O)c1cc(C(=O)O)ccc1F. The van der Waals surface area contributed by atoms with E-state index >= 15 is 0 Å². The number of nitrogens with zero attached hydrogens (tertiary/aromatic N) is 1. The van der Waals surface area contributed by atoms with E-state index in [-0.39, 0.29) is 16.4 Å². The molecule has 1 fully saturated rings. The summed E-state index contributed by atoms with van der Waals surface area (Å²) in [5.74, 6) is -2.28.